The Kier molecular flexibility index (Phi) is 4.53. The van der Waals surface area contributed by atoms with E-state index in [2.05, 4.69) is 15.6 Å². The zero-order chi connectivity index (χ0) is 15.4. The summed E-state index contributed by atoms with van der Waals surface area (Å²) in [5, 5.41) is 6.25. The van der Waals surface area contributed by atoms with Crippen molar-refractivity contribution in [1.29, 1.82) is 0 Å². The zero-order valence-corrected chi connectivity index (χ0v) is 12.8. The van der Waals surface area contributed by atoms with Crippen LogP contribution in [-0.4, -0.2) is 30.0 Å². The van der Waals surface area contributed by atoms with E-state index in [0.717, 1.165) is 30.8 Å². The van der Waals surface area contributed by atoms with Crippen LogP contribution in [0.5, 0.6) is 0 Å². The Balaban J connectivity index is 1.53. The van der Waals surface area contributed by atoms with Crippen LogP contribution in [0.15, 0.2) is 34.9 Å². The van der Waals surface area contributed by atoms with Crippen LogP contribution >= 0.6 is 0 Å². The van der Waals surface area contributed by atoms with Gasteiger partial charge in [0.25, 0.3) is 0 Å². The quantitative estimate of drug-likeness (QED) is 0.887. The molecule has 22 heavy (non-hydrogen) atoms. The number of nitrogens with one attached hydrogen (secondary N) is 2. The molecule has 2 aromatic rings. The van der Waals surface area contributed by atoms with Crippen LogP contribution in [0.4, 0.5) is 0 Å². The maximum Gasteiger partial charge on any atom is 0.220 e. The van der Waals surface area contributed by atoms with Crippen LogP contribution in [0.3, 0.4) is 0 Å². The van der Waals surface area contributed by atoms with E-state index in [4.69, 9.17) is 4.42 Å². The molecule has 2 N–H and O–H groups in total. The lowest BCUT2D eigenvalue weighted by Gasteiger charge is -2.10. The van der Waals surface area contributed by atoms with Crippen molar-refractivity contribution in [3.05, 3.63) is 41.9 Å². The molecule has 0 spiro atoms. The van der Waals surface area contributed by atoms with Gasteiger partial charge in [-0.3, -0.25) is 4.79 Å². The molecule has 1 aliphatic rings. The van der Waals surface area contributed by atoms with E-state index < -0.39 is 0 Å². The summed E-state index contributed by atoms with van der Waals surface area (Å²) < 4.78 is 5.73. The van der Waals surface area contributed by atoms with Crippen molar-refractivity contribution >= 4 is 5.91 Å². The van der Waals surface area contributed by atoms with Crippen molar-refractivity contribution in [3.63, 3.8) is 0 Å². The Bertz CT molecular complexity index is 628. The predicted octanol–water partition coefficient (Wildman–Crippen LogP) is 2.06. The van der Waals surface area contributed by atoms with Crippen LogP contribution in [-0.2, 0) is 11.2 Å². The van der Waals surface area contributed by atoms with Crippen LogP contribution in [0, 0.1) is 6.92 Å². The van der Waals surface area contributed by atoms with Crippen molar-refractivity contribution in [2.24, 2.45) is 0 Å². The lowest BCUT2D eigenvalue weighted by molar-refractivity contribution is -0.121. The number of hydrogen-bond donors (Lipinski definition) is 2. The van der Waals surface area contributed by atoms with Gasteiger partial charge in [0.1, 0.15) is 0 Å². The van der Waals surface area contributed by atoms with Gasteiger partial charge in [-0.2, -0.15) is 0 Å². The molecule has 5 heteroatoms. The Hall–Kier alpha value is -2.14. The van der Waals surface area contributed by atoms with Gasteiger partial charge in [0.15, 0.2) is 11.7 Å². The number of carbonyl (C=O) groups is 1. The number of carbonyl (C=O) groups excluding carboxylic acids is 1. The van der Waals surface area contributed by atoms with Gasteiger partial charge in [0.2, 0.25) is 5.91 Å². The van der Waals surface area contributed by atoms with Crippen LogP contribution in [0.1, 0.15) is 24.3 Å². The molecule has 0 saturated carbocycles. The highest BCUT2D eigenvalue weighted by atomic mass is 16.4. The van der Waals surface area contributed by atoms with Crippen molar-refractivity contribution < 1.29 is 9.21 Å². The summed E-state index contributed by atoms with van der Waals surface area (Å²) in [7, 11) is 0. The van der Waals surface area contributed by atoms with Gasteiger partial charge in [0, 0.05) is 31.0 Å². The zero-order valence-electron chi connectivity index (χ0n) is 12.8. The van der Waals surface area contributed by atoms with Gasteiger partial charge in [-0.05, 0) is 19.9 Å². The first kappa shape index (κ1) is 14.8. The molecule has 1 aliphatic heterocycles. The van der Waals surface area contributed by atoms with Gasteiger partial charge >= 0.3 is 0 Å². The number of benzene rings is 1. The van der Waals surface area contributed by atoms with E-state index in [1.807, 2.05) is 31.2 Å². The molecular formula is C17H21N3O2. The van der Waals surface area contributed by atoms with E-state index in [1.54, 1.807) is 6.20 Å². The topological polar surface area (TPSA) is 67.2 Å². The fourth-order valence-corrected chi connectivity index (χ4v) is 2.58. The summed E-state index contributed by atoms with van der Waals surface area (Å²) in [6, 6.07) is 8.38. The number of amides is 1. The maximum atomic E-state index is 11.9. The summed E-state index contributed by atoms with van der Waals surface area (Å²) in [5.41, 5.74) is 2.22. The highest BCUT2D eigenvalue weighted by Crippen LogP contribution is 2.21. The van der Waals surface area contributed by atoms with Crippen LogP contribution in [0.25, 0.3) is 11.3 Å². The molecule has 0 aliphatic carbocycles. The van der Waals surface area contributed by atoms with Crippen LogP contribution in [0.2, 0.25) is 0 Å². The largest absolute Gasteiger partial charge is 0.441 e. The van der Waals surface area contributed by atoms with E-state index in [1.165, 1.54) is 5.56 Å². The molecule has 1 fully saturated rings. The molecule has 3 rings (SSSR count). The van der Waals surface area contributed by atoms with Crippen molar-refractivity contribution in [2.45, 2.75) is 32.2 Å². The molecule has 1 aromatic carbocycles. The molecule has 1 saturated heterocycles. The fourth-order valence-electron chi connectivity index (χ4n) is 2.58. The second-order valence-electron chi connectivity index (χ2n) is 5.74. The molecule has 1 unspecified atom stereocenters. The molecule has 1 amide bonds. The highest BCUT2D eigenvalue weighted by Gasteiger charge is 2.17. The fraction of sp³-hybridized carbons (Fsp3) is 0.412. The maximum absolute atomic E-state index is 11.9. The highest BCUT2D eigenvalue weighted by molar-refractivity contribution is 5.76. The van der Waals surface area contributed by atoms with Gasteiger partial charge in [-0.15, -0.1) is 0 Å². The third-order valence-corrected chi connectivity index (χ3v) is 3.88. The average molecular weight is 299 g/mol. The summed E-state index contributed by atoms with van der Waals surface area (Å²) in [5.74, 6) is 1.41. The smallest absolute Gasteiger partial charge is 0.220 e. The van der Waals surface area contributed by atoms with Gasteiger partial charge < -0.3 is 15.1 Å². The summed E-state index contributed by atoms with van der Waals surface area (Å²) >= 11 is 0. The first-order valence-electron chi connectivity index (χ1n) is 7.72. The standard InChI is InChI=1S/C17H21N3O2/c1-12-2-4-13(5-3-12)15-11-19-17(22-15)7-6-16(21)20-14-8-9-18-10-14/h2-5,11,14,18H,6-10H2,1H3,(H,20,21). The third kappa shape index (κ3) is 3.74. The van der Waals surface area contributed by atoms with E-state index in [9.17, 15) is 4.79 Å². The minimum atomic E-state index is 0.0591. The van der Waals surface area contributed by atoms with Gasteiger partial charge in [-0.1, -0.05) is 29.8 Å². The number of aromatic nitrogens is 1. The molecule has 116 valence electrons. The number of hydrogen-bond acceptors (Lipinski definition) is 4. The Morgan fingerprint density at radius 2 is 2.23 bits per heavy atom. The van der Waals surface area contributed by atoms with Crippen molar-refractivity contribution in [1.82, 2.24) is 15.6 Å². The van der Waals surface area contributed by atoms with Gasteiger partial charge in [-0.25, -0.2) is 4.98 Å². The second-order valence-corrected chi connectivity index (χ2v) is 5.74. The Morgan fingerprint density at radius 3 is 2.95 bits per heavy atom. The van der Waals surface area contributed by atoms with Crippen LogP contribution < -0.4 is 10.6 Å². The monoisotopic (exact) mass is 299 g/mol. The minimum absolute atomic E-state index is 0.0591. The van der Waals surface area contributed by atoms with E-state index in [-0.39, 0.29) is 11.9 Å². The Labute approximate surface area is 130 Å². The molecule has 1 aromatic heterocycles. The number of nitrogens with zero attached hydrogens (tertiary/aromatic N) is 1. The Morgan fingerprint density at radius 1 is 1.41 bits per heavy atom. The molecule has 0 bridgehead atoms. The lowest BCUT2D eigenvalue weighted by Crippen LogP contribution is -2.36. The predicted molar refractivity (Wildman–Crippen MR) is 84.4 cm³/mol. The normalized spacial score (nSPS) is 17.6. The number of aryl methyl sites for hydroxylation is 2. The summed E-state index contributed by atoms with van der Waals surface area (Å²) in [6.07, 6.45) is 3.66. The molecular weight excluding hydrogens is 278 g/mol. The minimum Gasteiger partial charge on any atom is -0.441 e. The molecule has 0 radical (unpaired) electrons. The SMILES string of the molecule is Cc1ccc(-c2cnc(CCC(=O)NC3CCNC3)o2)cc1. The molecule has 5 nitrogen and oxygen atoms in total. The van der Waals surface area contributed by atoms with E-state index >= 15 is 0 Å². The third-order valence-electron chi connectivity index (χ3n) is 3.88. The molecule has 2 heterocycles. The average Bonchev–Trinajstić information content (AvgIpc) is 3.17. The van der Waals surface area contributed by atoms with E-state index in [0.29, 0.717) is 18.7 Å². The van der Waals surface area contributed by atoms with Crippen molar-refractivity contribution in [2.75, 3.05) is 13.1 Å². The van der Waals surface area contributed by atoms with Gasteiger partial charge in [0.05, 0.1) is 6.20 Å². The number of rotatable bonds is 5. The molecule has 1 atom stereocenters. The second kappa shape index (κ2) is 6.75. The summed E-state index contributed by atoms with van der Waals surface area (Å²) in [4.78, 5) is 16.1. The first-order valence-corrected chi connectivity index (χ1v) is 7.72. The lowest BCUT2D eigenvalue weighted by atomic mass is 10.1. The summed E-state index contributed by atoms with van der Waals surface area (Å²) in [6.45, 7) is 3.89. The number of oxazole rings is 1. The van der Waals surface area contributed by atoms with Crippen molar-refractivity contribution in [3.8, 4) is 11.3 Å². The first-order chi connectivity index (χ1) is 10.7.